The second-order valence-corrected chi connectivity index (χ2v) is 10.1. The number of piperazine rings is 1. The van der Waals surface area contributed by atoms with Crippen molar-refractivity contribution in [1.82, 2.24) is 15.1 Å². The van der Waals surface area contributed by atoms with Crippen molar-refractivity contribution in [1.29, 1.82) is 0 Å². The molecule has 0 unspecified atom stereocenters. The Morgan fingerprint density at radius 3 is 2.21 bits per heavy atom. The average Bonchev–Trinajstić information content (AvgIpc) is 2.96. The first-order valence-electron chi connectivity index (χ1n) is 13.3. The van der Waals surface area contributed by atoms with Gasteiger partial charge in [0.1, 0.15) is 30.0 Å². The van der Waals surface area contributed by atoms with Crippen LogP contribution in [0.3, 0.4) is 0 Å². The Bertz CT molecular complexity index is 1440. The lowest BCUT2D eigenvalue weighted by Gasteiger charge is -2.34. The standard InChI is InChI=1S/C31H32F2N4O5/c1-20-4-6-22(7-5-20)30(40)37-13-12-36(29(39)19-37)18-28(38)34-27(16-21-14-23(32)17-24(33)15-21)31(41)35(2)25-8-10-26(42-3)11-9-25/h4-11,14-15,17,27H,12-13,16,18-19H2,1-3H3,(H,34,38)/t27-/m0/s1. The second kappa shape index (κ2) is 13.2. The van der Waals surface area contributed by atoms with Crippen LogP contribution in [0.4, 0.5) is 14.5 Å². The highest BCUT2D eigenvalue weighted by Gasteiger charge is 2.31. The van der Waals surface area contributed by atoms with Crippen LogP contribution in [0.1, 0.15) is 21.5 Å². The van der Waals surface area contributed by atoms with Gasteiger partial charge in [0.2, 0.25) is 17.7 Å². The van der Waals surface area contributed by atoms with Crippen molar-refractivity contribution in [3.05, 3.63) is 95.1 Å². The first-order chi connectivity index (χ1) is 20.0. The monoisotopic (exact) mass is 578 g/mol. The van der Waals surface area contributed by atoms with Gasteiger partial charge < -0.3 is 24.8 Å². The van der Waals surface area contributed by atoms with Gasteiger partial charge in [-0.15, -0.1) is 0 Å². The predicted octanol–water partition coefficient (Wildman–Crippen LogP) is 2.96. The first kappa shape index (κ1) is 30.2. The summed E-state index contributed by atoms with van der Waals surface area (Å²) >= 11 is 0. The molecule has 1 heterocycles. The van der Waals surface area contributed by atoms with E-state index in [1.54, 1.807) is 36.4 Å². The molecule has 4 rings (SSSR count). The number of carbonyl (C=O) groups is 4. The van der Waals surface area contributed by atoms with E-state index in [9.17, 15) is 28.0 Å². The summed E-state index contributed by atoms with van der Waals surface area (Å²) in [4.78, 5) is 56.3. The quantitative estimate of drug-likeness (QED) is 0.421. The largest absolute Gasteiger partial charge is 0.497 e. The number of halogens is 2. The van der Waals surface area contributed by atoms with Crippen LogP contribution in [-0.2, 0) is 20.8 Å². The molecule has 1 fully saturated rings. The minimum Gasteiger partial charge on any atom is -0.497 e. The van der Waals surface area contributed by atoms with E-state index in [4.69, 9.17) is 4.74 Å². The molecule has 1 N–H and O–H groups in total. The molecule has 42 heavy (non-hydrogen) atoms. The first-order valence-corrected chi connectivity index (χ1v) is 13.3. The van der Waals surface area contributed by atoms with Crippen LogP contribution in [-0.4, -0.2) is 79.8 Å². The van der Waals surface area contributed by atoms with Crippen LogP contribution >= 0.6 is 0 Å². The van der Waals surface area contributed by atoms with Crippen molar-refractivity contribution in [2.24, 2.45) is 0 Å². The zero-order chi connectivity index (χ0) is 30.4. The number of ether oxygens (including phenoxy) is 1. The van der Waals surface area contributed by atoms with Crippen LogP contribution in [0.5, 0.6) is 5.75 Å². The third-order valence-electron chi connectivity index (χ3n) is 7.02. The molecule has 3 aromatic carbocycles. The molecule has 9 nitrogen and oxygen atoms in total. The maximum Gasteiger partial charge on any atom is 0.254 e. The Kier molecular flexibility index (Phi) is 9.51. The molecular weight excluding hydrogens is 546 g/mol. The number of anilines is 1. The van der Waals surface area contributed by atoms with E-state index in [1.807, 2.05) is 19.1 Å². The Balaban J connectivity index is 1.44. The summed E-state index contributed by atoms with van der Waals surface area (Å²) in [5.74, 6) is -2.88. The molecule has 11 heteroatoms. The number of hydrogen-bond donors (Lipinski definition) is 1. The summed E-state index contributed by atoms with van der Waals surface area (Å²) in [6, 6.07) is 15.4. The summed E-state index contributed by atoms with van der Waals surface area (Å²) < 4.78 is 32.9. The van der Waals surface area contributed by atoms with Gasteiger partial charge in [0.05, 0.1) is 13.7 Å². The number of carbonyl (C=O) groups excluding carboxylic acids is 4. The van der Waals surface area contributed by atoms with Gasteiger partial charge >= 0.3 is 0 Å². The van der Waals surface area contributed by atoms with Crippen molar-refractivity contribution in [3.8, 4) is 5.75 Å². The topological polar surface area (TPSA) is 99.3 Å². The van der Waals surface area contributed by atoms with Crippen LogP contribution in [0.2, 0.25) is 0 Å². The minimum absolute atomic E-state index is 0.128. The number of methoxy groups -OCH3 is 1. The van der Waals surface area contributed by atoms with E-state index >= 15 is 0 Å². The van der Waals surface area contributed by atoms with Crippen LogP contribution in [0.25, 0.3) is 0 Å². The summed E-state index contributed by atoms with van der Waals surface area (Å²) in [5, 5.41) is 2.64. The van der Waals surface area contributed by atoms with E-state index in [0.29, 0.717) is 17.0 Å². The van der Waals surface area contributed by atoms with Gasteiger partial charge in [0, 0.05) is 43.9 Å². The van der Waals surface area contributed by atoms with Crippen LogP contribution in [0, 0.1) is 18.6 Å². The van der Waals surface area contributed by atoms with Gasteiger partial charge in [-0.25, -0.2) is 8.78 Å². The highest BCUT2D eigenvalue weighted by molar-refractivity contribution is 6.00. The Labute approximate surface area is 242 Å². The van der Waals surface area contributed by atoms with Crippen molar-refractivity contribution < 1.29 is 32.7 Å². The summed E-state index contributed by atoms with van der Waals surface area (Å²) in [6.45, 7) is 1.73. The molecule has 0 aromatic heterocycles. The van der Waals surface area contributed by atoms with E-state index in [2.05, 4.69) is 5.32 Å². The highest BCUT2D eigenvalue weighted by atomic mass is 19.1. The lowest BCUT2D eigenvalue weighted by molar-refractivity contribution is -0.139. The third kappa shape index (κ3) is 7.48. The van der Waals surface area contributed by atoms with E-state index in [-0.39, 0.29) is 44.1 Å². The zero-order valence-corrected chi connectivity index (χ0v) is 23.6. The molecule has 0 bridgehead atoms. The van der Waals surface area contributed by atoms with Gasteiger partial charge in [0.25, 0.3) is 5.91 Å². The summed E-state index contributed by atoms with van der Waals surface area (Å²) in [5.41, 5.74) is 2.16. The molecule has 1 saturated heterocycles. The number of benzene rings is 3. The summed E-state index contributed by atoms with van der Waals surface area (Å²) in [6.07, 6.45) is -0.188. The smallest absolute Gasteiger partial charge is 0.254 e. The fourth-order valence-electron chi connectivity index (χ4n) is 4.67. The molecule has 1 atom stereocenters. The number of hydrogen-bond acceptors (Lipinski definition) is 5. The summed E-state index contributed by atoms with van der Waals surface area (Å²) in [7, 11) is 3.03. The van der Waals surface area contributed by atoms with Crippen LogP contribution in [0.15, 0.2) is 66.7 Å². The molecule has 0 spiro atoms. The van der Waals surface area contributed by atoms with Gasteiger partial charge in [-0.2, -0.15) is 0 Å². The number of nitrogens with one attached hydrogen (secondary N) is 1. The maximum atomic E-state index is 13.9. The maximum absolute atomic E-state index is 13.9. The number of aryl methyl sites for hydroxylation is 1. The zero-order valence-electron chi connectivity index (χ0n) is 23.6. The fraction of sp³-hybridized carbons (Fsp3) is 0.290. The molecule has 1 aliphatic heterocycles. The van der Waals surface area contributed by atoms with E-state index < -0.39 is 35.4 Å². The fourth-order valence-corrected chi connectivity index (χ4v) is 4.67. The number of rotatable bonds is 9. The Morgan fingerprint density at radius 1 is 0.976 bits per heavy atom. The molecule has 0 radical (unpaired) electrons. The van der Waals surface area contributed by atoms with Gasteiger partial charge in [-0.05, 0) is 61.0 Å². The molecule has 4 amide bonds. The molecule has 1 aliphatic rings. The minimum atomic E-state index is -1.19. The number of likely N-dealkylation sites (N-methyl/N-ethyl adjacent to an activating group) is 1. The molecule has 0 saturated carbocycles. The number of amides is 4. The molecule has 220 valence electrons. The predicted molar refractivity (Wildman–Crippen MR) is 152 cm³/mol. The molecular formula is C31H32F2N4O5. The second-order valence-electron chi connectivity index (χ2n) is 10.1. The SMILES string of the molecule is COc1ccc(N(C)C(=O)[C@H](Cc2cc(F)cc(F)c2)NC(=O)CN2CCN(C(=O)c3ccc(C)cc3)CC2=O)cc1. The molecule has 0 aliphatic carbocycles. The van der Waals surface area contributed by atoms with Gasteiger partial charge in [-0.1, -0.05) is 17.7 Å². The lowest BCUT2D eigenvalue weighted by Crippen LogP contribution is -2.56. The van der Waals surface area contributed by atoms with Crippen molar-refractivity contribution in [2.75, 3.05) is 45.2 Å². The van der Waals surface area contributed by atoms with E-state index in [1.165, 1.54) is 28.9 Å². The normalized spacial score (nSPS) is 13.9. The Hall–Kier alpha value is -4.80. The number of nitrogens with zero attached hydrogens (tertiary/aromatic N) is 3. The van der Waals surface area contributed by atoms with Gasteiger partial charge in [0.15, 0.2) is 0 Å². The average molecular weight is 579 g/mol. The lowest BCUT2D eigenvalue weighted by atomic mass is 10.0. The van der Waals surface area contributed by atoms with E-state index in [0.717, 1.165) is 23.8 Å². The Morgan fingerprint density at radius 2 is 1.62 bits per heavy atom. The molecule has 3 aromatic rings. The van der Waals surface area contributed by atoms with Crippen molar-refractivity contribution in [2.45, 2.75) is 19.4 Å². The highest BCUT2D eigenvalue weighted by Crippen LogP contribution is 2.20. The van der Waals surface area contributed by atoms with Gasteiger partial charge in [-0.3, -0.25) is 19.2 Å². The van der Waals surface area contributed by atoms with Crippen molar-refractivity contribution in [3.63, 3.8) is 0 Å². The third-order valence-corrected chi connectivity index (χ3v) is 7.02. The van der Waals surface area contributed by atoms with Crippen LogP contribution < -0.4 is 15.0 Å². The van der Waals surface area contributed by atoms with Crippen molar-refractivity contribution >= 4 is 29.3 Å².